The number of methoxy groups -OCH3 is 1. The maximum Gasteiger partial charge on any atom is 0.0719 e. The number of nitrogens with two attached hydrogens (primary N) is 1. The van der Waals surface area contributed by atoms with Crippen molar-refractivity contribution in [2.24, 2.45) is 5.73 Å². The normalized spacial score (nSPS) is 36.0. The molecule has 0 saturated carbocycles. The summed E-state index contributed by atoms with van der Waals surface area (Å²) in [6.07, 6.45) is 2.66. The van der Waals surface area contributed by atoms with Crippen molar-refractivity contribution >= 4 is 8.07 Å². The lowest BCUT2D eigenvalue weighted by atomic mass is 10.1. The quantitative estimate of drug-likeness (QED) is 0.636. The molecule has 0 amide bonds. The fourth-order valence-corrected chi connectivity index (χ4v) is 4.34. The van der Waals surface area contributed by atoms with Crippen LogP contribution < -0.4 is 5.73 Å². The Labute approximate surface area is 76.5 Å². The molecule has 0 radical (unpaired) electrons. The van der Waals surface area contributed by atoms with Crippen LogP contribution in [-0.2, 0) is 4.74 Å². The van der Waals surface area contributed by atoms with E-state index in [1.807, 2.05) is 0 Å². The molecule has 1 aliphatic rings. The van der Waals surface area contributed by atoms with E-state index in [0.717, 1.165) is 6.42 Å². The summed E-state index contributed by atoms with van der Waals surface area (Å²) in [5, 5.41) is 0. The lowest BCUT2D eigenvalue weighted by Crippen LogP contribution is -2.34. The van der Waals surface area contributed by atoms with E-state index in [2.05, 4.69) is 13.1 Å². The average Bonchev–Trinajstić information content (AvgIpc) is 2.13. The van der Waals surface area contributed by atoms with E-state index in [0.29, 0.717) is 6.10 Å². The van der Waals surface area contributed by atoms with Crippen molar-refractivity contribution < 1.29 is 4.74 Å². The van der Waals surface area contributed by atoms with Gasteiger partial charge in [-0.15, -0.1) is 0 Å². The van der Waals surface area contributed by atoms with Gasteiger partial charge in [-0.25, -0.2) is 0 Å². The second kappa shape index (κ2) is 3.90. The number of ether oxygens (including phenoxy) is 1. The van der Waals surface area contributed by atoms with Crippen LogP contribution in [0.25, 0.3) is 0 Å². The van der Waals surface area contributed by atoms with Gasteiger partial charge in [0.25, 0.3) is 0 Å². The molecule has 12 heavy (non-hydrogen) atoms. The zero-order valence-electron chi connectivity index (χ0n) is 8.47. The fourth-order valence-electron chi connectivity index (χ4n) is 1.91. The van der Waals surface area contributed by atoms with Gasteiger partial charge >= 0.3 is 0 Å². The standard InChI is InChI=1S/C9H21NOSi/c1-11-9-5-7-12(2,3)6-4-8(9)10/h8-9H,4-7,10H2,1-3H3/t8-,9+/m0/s1. The van der Waals surface area contributed by atoms with Crippen LogP contribution in [0.4, 0.5) is 0 Å². The molecule has 0 spiro atoms. The van der Waals surface area contributed by atoms with Crippen molar-refractivity contribution in [2.45, 2.75) is 50.2 Å². The molecule has 3 heteroatoms. The highest BCUT2D eigenvalue weighted by Gasteiger charge is 2.30. The minimum absolute atomic E-state index is 0.282. The van der Waals surface area contributed by atoms with Gasteiger partial charge in [0.1, 0.15) is 0 Å². The summed E-state index contributed by atoms with van der Waals surface area (Å²) in [4.78, 5) is 0. The summed E-state index contributed by atoms with van der Waals surface area (Å²) >= 11 is 0. The van der Waals surface area contributed by atoms with Crippen molar-refractivity contribution in [3.63, 3.8) is 0 Å². The van der Waals surface area contributed by atoms with Crippen LogP contribution in [0, 0.1) is 0 Å². The predicted molar refractivity (Wildman–Crippen MR) is 55.1 cm³/mol. The highest BCUT2D eigenvalue weighted by molar-refractivity contribution is 6.77. The molecule has 72 valence electrons. The van der Waals surface area contributed by atoms with E-state index < -0.39 is 8.07 Å². The van der Waals surface area contributed by atoms with Crippen LogP contribution in [0.5, 0.6) is 0 Å². The second-order valence-electron chi connectivity index (χ2n) is 4.68. The number of hydrogen-bond donors (Lipinski definition) is 1. The monoisotopic (exact) mass is 187 g/mol. The van der Waals surface area contributed by atoms with Crippen molar-refractivity contribution in [3.8, 4) is 0 Å². The molecule has 2 nitrogen and oxygen atoms in total. The van der Waals surface area contributed by atoms with Crippen molar-refractivity contribution in [1.82, 2.24) is 0 Å². The molecule has 1 fully saturated rings. The van der Waals surface area contributed by atoms with Crippen LogP contribution in [0.1, 0.15) is 12.8 Å². The summed E-state index contributed by atoms with van der Waals surface area (Å²) in [7, 11) is 0.881. The highest BCUT2D eigenvalue weighted by Crippen LogP contribution is 2.27. The Kier molecular flexibility index (Phi) is 3.32. The molecular weight excluding hydrogens is 166 g/mol. The summed E-state index contributed by atoms with van der Waals surface area (Å²) in [5.74, 6) is 0. The molecule has 1 saturated heterocycles. The van der Waals surface area contributed by atoms with Crippen LogP contribution in [0.3, 0.4) is 0 Å². The third-order valence-corrected chi connectivity index (χ3v) is 6.32. The van der Waals surface area contributed by atoms with Crippen LogP contribution in [-0.4, -0.2) is 27.3 Å². The molecule has 2 atom stereocenters. The lowest BCUT2D eigenvalue weighted by molar-refractivity contribution is 0.0780. The predicted octanol–water partition coefficient (Wildman–Crippen LogP) is 1.83. The Hall–Kier alpha value is 0.137. The first-order chi connectivity index (χ1) is 5.55. The SMILES string of the molecule is CO[C@@H]1CC[Si](C)(C)CC[C@@H]1N. The second-order valence-corrected chi connectivity index (χ2v) is 10.0. The van der Waals surface area contributed by atoms with E-state index in [9.17, 15) is 0 Å². The Morgan fingerprint density at radius 3 is 2.42 bits per heavy atom. The first-order valence-corrected chi connectivity index (χ1v) is 8.25. The van der Waals surface area contributed by atoms with Gasteiger partial charge in [0.05, 0.1) is 6.10 Å². The van der Waals surface area contributed by atoms with Crippen LogP contribution in [0.2, 0.25) is 25.2 Å². The Bertz CT molecular complexity index is 149. The van der Waals surface area contributed by atoms with E-state index in [1.54, 1.807) is 7.11 Å². The van der Waals surface area contributed by atoms with Gasteiger partial charge in [-0.1, -0.05) is 25.2 Å². The molecule has 0 aliphatic carbocycles. The third-order valence-electron chi connectivity index (χ3n) is 3.04. The Morgan fingerprint density at radius 2 is 1.83 bits per heavy atom. The molecule has 1 heterocycles. The van der Waals surface area contributed by atoms with Gasteiger partial charge in [-0.2, -0.15) is 0 Å². The first-order valence-electron chi connectivity index (χ1n) is 4.83. The molecule has 0 aromatic carbocycles. The van der Waals surface area contributed by atoms with Crippen LogP contribution in [0.15, 0.2) is 0 Å². The highest BCUT2D eigenvalue weighted by atomic mass is 28.3. The van der Waals surface area contributed by atoms with Gasteiger partial charge in [0.15, 0.2) is 0 Å². The maximum absolute atomic E-state index is 6.01. The van der Waals surface area contributed by atoms with E-state index >= 15 is 0 Å². The molecule has 0 unspecified atom stereocenters. The minimum atomic E-state index is -0.901. The minimum Gasteiger partial charge on any atom is -0.380 e. The van der Waals surface area contributed by atoms with Crippen LogP contribution >= 0.6 is 0 Å². The zero-order valence-corrected chi connectivity index (χ0v) is 9.47. The molecular formula is C9H21NOSi. The molecule has 0 aromatic heterocycles. The summed E-state index contributed by atoms with van der Waals surface area (Å²) in [6, 6.07) is 3.03. The molecule has 2 N–H and O–H groups in total. The van der Waals surface area contributed by atoms with E-state index in [-0.39, 0.29) is 6.04 Å². The number of rotatable bonds is 1. The fraction of sp³-hybridized carbons (Fsp3) is 1.00. The topological polar surface area (TPSA) is 35.2 Å². The lowest BCUT2D eigenvalue weighted by Gasteiger charge is -2.19. The first kappa shape index (κ1) is 10.2. The maximum atomic E-state index is 6.01. The van der Waals surface area contributed by atoms with Gasteiger partial charge in [0.2, 0.25) is 0 Å². The molecule has 0 aromatic rings. The number of hydrogen-bond acceptors (Lipinski definition) is 2. The molecule has 0 bridgehead atoms. The van der Waals surface area contributed by atoms with Gasteiger partial charge in [0, 0.05) is 21.2 Å². The van der Waals surface area contributed by atoms with Gasteiger partial charge in [-0.05, 0) is 12.8 Å². The smallest absolute Gasteiger partial charge is 0.0719 e. The van der Waals surface area contributed by atoms with Gasteiger partial charge < -0.3 is 10.5 Å². The van der Waals surface area contributed by atoms with E-state index in [4.69, 9.17) is 10.5 Å². The molecule has 1 aliphatic heterocycles. The Balaban J connectivity index is 2.53. The largest absolute Gasteiger partial charge is 0.380 e. The summed E-state index contributed by atoms with van der Waals surface area (Å²) in [6.45, 7) is 4.91. The third kappa shape index (κ3) is 2.57. The zero-order chi connectivity index (χ0) is 9.19. The summed E-state index contributed by atoms with van der Waals surface area (Å²) in [5.41, 5.74) is 6.01. The van der Waals surface area contributed by atoms with E-state index in [1.165, 1.54) is 18.5 Å². The Morgan fingerprint density at radius 1 is 1.25 bits per heavy atom. The van der Waals surface area contributed by atoms with Gasteiger partial charge in [-0.3, -0.25) is 0 Å². The summed E-state index contributed by atoms with van der Waals surface area (Å²) < 4.78 is 5.37. The van der Waals surface area contributed by atoms with Crippen molar-refractivity contribution in [3.05, 3.63) is 0 Å². The van der Waals surface area contributed by atoms with Crippen molar-refractivity contribution in [1.29, 1.82) is 0 Å². The van der Waals surface area contributed by atoms with Crippen molar-refractivity contribution in [2.75, 3.05) is 7.11 Å². The average molecular weight is 187 g/mol. The molecule has 1 rings (SSSR count).